The molecule has 16 heavy (non-hydrogen) atoms. The molecule has 0 aliphatic carbocycles. The van der Waals surface area contributed by atoms with Crippen molar-refractivity contribution < 1.29 is 19.1 Å². The number of esters is 2. The Kier molecular flexibility index (Phi) is 8.07. The van der Waals surface area contributed by atoms with Gasteiger partial charge in [-0.15, -0.1) is 0 Å². The summed E-state index contributed by atoms with van der Waals surface area (Å²) in [7, 11) is 0. The quantitative estimate of drug-likeness (QED) is 0.390. The molecule has 4 heteroatoms. The third kappa shape index (κ3) is 8.40. The molecule has 0 aliphatic rings. The number of allylic oxidation sites excluding steroid dienone is 2. The molecule has 0 bridgehead atoms. The lowest BCUT2D eigenvalue weighted by atomic mass is 10.4. The SMILES string of the molecule is CCOC(=O)C#C/C=C/C#CC(=O)OCC. The zero-order valence-electron chi connectivity index (χ0n) is 9.20. The van der Waals surface area contributed by atoms with Crippen molar-refractivity contribution in [1.82, 2.24) is 0 Å². The summed E-state index contributed by atoms with van der Waals surface area (Å²) in [6.07, 6.45) is 2.70. The van der Waals surface area contributed by atoms with Crippen LogP contribution in [0.3, 0.4) is 0 Å². The standard InChI is InChI=1S/C12H12O4/c1-3-15-11(13)9-7-5-6-8-10-12(14)16-4-2/h5-6H,3-4H2,1-2H3/b6-5+. The Bertz CT molecular complexity index is 347. The summed E-state index contributed by atoms with van der Waals surface area (Å²) in [5.41, 5.74) is 0. The van der Waals surface area contributed by atoms with Crippen LogP contribution in [0.15, 0.2) is 12.2 Å². The zero-order valence-corrected chi connectivity index (χ0v) is 9.20. The molecular weight excluding hydrogens is 208 g/mol. The molecule has 0 atom stereocenters. The van der Waals surface area contributed by atoms with Crippen molar-refractivity contribution in [1.29, 1.82) is 0 Å². The molecule has 0 amide bonds. The summed E-state index contributed by atoms with van der Waals surface area (Å²) in [6, 6.07) is 0. The minimum absolute atomic E-state index is 0.292. The molecule has 0 fully saturated rings. The molecule has 0 unspecified atom stereocenters. The zero-order chi connectivity index (χ0) is 12.2. The van der Waals surface area contributed by atoms with Gasteiger partial charge in [0.05, 0.1) is 13.2 Å². The van der Waals surface area contributed by atoms with E-state index in [-0.39, 0.29) is 0 Å². The number of rotatable bonds is 2. The summed E-state index contributed by atoms with van der Waals surface area (Å²) in [6.45, 7) is 3.97. The third-order valence-electron chi connectivity index (χ3n) is 1.15. The van der Waals surface area contributed by atoms with Crippen LogP contribution in [0.4, 0.5) is 0 Å². The molecule has 0 rings (SSSR count). The maximum atomic E-state index is 10.7. The van der Waals surface area contributed by atoms with Crippen LogP contribution in [0.5, 0.6) is 0 Å². The van der Waals surface area contributed by atoms with Gasteiger partial charge in [-0.05, 0) is 26.0 Å². The van der Waals surface area contributed by atoms with Gasteiger partial charge < -0.3 is 9.47 Å². The van der Waals surface area contributed by atoms with Crippen molar-refractivity contribution in [2.75, 3.05) is 13.2 Å². The normalized spacial score (nSPS) is 8.38. The maximum Gasteiger partial charge on any atom is 0.384 e. The molecular formula is C12H12O4. The van der Waals surface area contributed by atoms with E-state index in [9.17, 15) is 9.59 Å². The van der Waals surface area contributed by atoms with Gasteiger partial charge in [-0.3, -0.25) is 0 Å². The number of carbonyl (C=O) groups excluding carboxylic acids is 2. The molecule has 0 heterocycles. The lowest BCUT2D eigenvalue weighted by molar-refractivity contribution is -0.137. The fourth-order valence-electron chi connectivity index (χ4n) is 0.619. The highest BCUT2D eigenvalue weighted by atomic mass is 16.5. The van der Waals surface area contributed by atoms with Crippen molar-refractivity contribution in [3.63, 3.8) is 0 Å². The Labute approximate surface area is 94.6 Å². The van der Waals surface area contributed by atoms with Gasteiger partial charge in [0.25, 0.3) is 0 Å². The first-order valence-electron chi connectivity index (χ1n) is 4.72. The molecule has 0 aliphatic heterocycles. The molecule has 0 aromatic heterocycles. The largest absolute Gasteiger partial charge is 0.456 e. The molecule has 0 radical (unpaired) electrons. The average Bonchev–Trinajstić information content (AvgIpc) is 2.24. The molecule has 84 valence electrons. The monoisotopic (exact) mass is 220 g/mol. The van der Waals surface area contributed by atoms with E-state index < -0.39 is 11.9 Å². The summed E-state index contributed by atoms with van der Waals surface area (Å²) < 4.78 is 9.12. The lowest BCUT2D eigenvalue weighted by Gasteiger charge is -1.89. The molecule has 0 saturated heterocycles. The van der Waals surface area contributed by atoms with E-state index in [1.165, 1.54) is 12.2 Å². The second-order valence-electron chi connectivity index (χ2n) is 2.31. The number of carbonyl (C=O) groups is 2. The Morgan fingerprint density at radius 1 is 0.938 bits per heavy atom. The van der Waals surface area contributed by atoms with Crippen molar-refractivity contribution in [2.45, 2.75) is 13.8 Å². The Balaban J connectivity index is 4.02. The Morgan fingerprint density at radius 3 is 1.62 bits per heavy atom. The predicted octanol–water partition coefficient (Wildman–Crippen LogP) is 0.676. The van der Waals surface area contributed by atoms with Crippen LogP contribution >= 0.6 is 0 Å². The van der Waals surface area contributed by atoms with Gasteiger partial charge >= 0.3 is 11.9 Å². The van der Waals surface area contributed by atoms with E-state index in [0.717, 1.165) is 0 Å². The van der Waals surface area contributed by atoms with E-state index in [2.05, 4.69) is 33.2 Å². The van der Waals surface area contributed by atoms with Gasteiger partial charge in [-0.2, -0.15) is 0 Å². The van der Waals surface area contributed by atoms with Crippen molar-refractivity contribution in [3.05, 3.63) is 12.2 Å². The molecule has 0 spiro atoms. The van der Waals surface area contributed by atoms with E-state index in [0.29, 0.717) is 13.2 Å². The fraction of sp³-hybridized carbons (Fsp3) is 0.333. The van der Waals surface area contributed by atoms with Gasteiger partial charge in [0, 0.05) is 11.8 Å². The van der Waals surface area contributed by atoms with Gasteiger partial charge in [-0.1, -0.05) is 11.8 Å². The van der Waals surface area contributed by atoms with Crippen molar-refractivity contribution in [3.8, 4) is 23.7 Å². The van der Waals surface area contributed by atoms with Crippen LogP contribution in [0.1, 0.15) is 13.8 Å². The number of hydrogen-bond acceptors (Lipinski definition) is 4. The first-order valence-corrected chi connectivity index (χ1v) is 4.72. The van der Waals surface area contributed by atoms with Crippen LogP contribution in [0, 0.1) is 23.7 Å². The number of ether oxygens (including phenoxy) is 2. The molecule has 4 nitrogen and oxygen atoms in total. The molecule has 0 N–H and O–H groups in total. The minimum Gasteiger partial charge on any atom is -0.456 e. The summed E-state index contributed by atoms with van der Waals surface area (Å²) in [5.74, 6) is 8.08. The van der Waals surface area contributed by atoms with Gasteiger partial charge in [-0.25, -0.2) is 9.59 Å². The highest BCUT2D eigenvalue weighted by molar-refractivity contribution is 5.89. The van der Waals surface area contributed by atoms with E-state index >= 15 is 0 Å². The molecule has 0 aromatic rings. The summed E-state index contributed by atoms with van der Waals surface area (Å²) >= 11 is 0. The van der Waals surface area contributed by atoms with Crippen LogP contribution in [0.25, 0.3) is 0 Å². The third-order valence-corrected chi connectivity index (χ3v) is 1.15. The van der Waals surface area contributed by atoms with Crippen LogP contribution in [-0.2, 0) is 19.1 Å². The van der Waals surface area contributed by atoms with Crippen molar-refractivity contribution >= 4 is 11.9 Å². The first-order chi connectivity index (χ1) is 7.70. The second kappa shape index (κ2) is 9.36. The topological polar surface area (TPSA) is 52.6 Å². The highest BCUT2D eigenvalue weighted by Crippen LogP contribution is 1.76. The van der Waals surface area contributed by atoms with Crippen molar-refractivity contribution in [2.24, 2.45) is 0 Å². The molecule has 0 saturated carbocycles. The van der Waals surface area contributed by atoms with Crippen LogP contribution < -0.4 is 0 Å². The minimum atomic E-state index is -0.592. The van der Waals surface area contributed by atoms with E-state index in [1.807, 2.05) is 0 Å². The fourth-order valence-corrected chi connectivity index (χ4v) is 0.619. The van der Waals surface area contributed by atoms with E-state index in [1.54, 1.807) is 13.8 Å². The smallest absolute Gasteiger partial charge is 0.384 e. The number of hydrogen-bond donors (Lipinski definition) is 0. The van der Waals surface area contributed by atoms with Gasteiger partial charge in [0.15, 0.2) is 0 Å². The summed E-state index contributed by atoms with van der Waals surface area (Å²) in [4.78, 5) is 21.5. The van der Waals surface area contributed by atoms with E-state index in [4.69, 9.17) is 0 Å². The molecule has 0 aromatic carbocycles. The van der Waals surface area contributed by atoms with Crippen LogP contribution in [-0.4, -0.2) is 25.2 Å². The second-order valence-corrected chi connectivity index (χ2v) is 2.31. The van der Waals surface area contributed by atoms with Gasteiger partial charge in [0.1, 0.15) is 0 Å². The first kappa shape index (κ1) is 13.8. The van der Waals surface area contributed by atoms with Gasteiger partial charge in [0.2, 0.25) is 0 Å². The summed E-state index contributed by atoms with van der Waals surface area (Å²) in [5, 5.41) is 0. The average molecular weight is 220 g/mol. The Hall–Kier alpha value is -2.20. The lowest BCUT2D eigenvalue weighted by Crippen LogP contribution is -1.99. The predicted molar refractivity (Wildman–Crippen MR) is 58.0 cm³/mol. The maximum absolute atomic E-state index is 10.7. The van der Waals surface area contributed by atoms with Crippen LogP contribution in [0.2, 0.25) is 0 Å². The Morgan fingerprint density at radius 2 is 1.31 bits per heavy atom. The highest BCUT2D eigenvalue weighted by Gasteiger charge is 1.90.